The molecule has 0 bridgehead atoms. The molecule has 0 rings (SSSR count). The van der Waals surface area contributed by atoms with E-state index >= 15 is 0 Å². The minimum Gasteiger partial charge on any atom is -0.547 e. The van der Waals surface area contributed by atoms with Crippen LogP contribution in [-0.2, 0) is 4.79 Å². The Morgan fingerprint density at radius 3 is 1.25 bits per heavy atom. The van der Waals surface area contributed by atoms with E-state index in [1.54, 1.807) is 0 Å². The van der Waals surface area contributed by atoms with E-state index in [4.69, 9.17) is 5.11 Å². The van der Waals surface area contributed by atoms with Crippen molar-refractivity contribution in [2.75, 3.05) is 0 Å². The van der Waals surface area contributed by atoms with Crippen molar-refractivity contribution >= 4 is 5.97 Å². The Morgan fingerprint density at radius 1 is 0.667 bits per heavy atom. The Hall–Kier alpha value is -0.570. The van der Waals surface area contributed by atoms with E-state index in [0.717, 1.165) is 19.3 Å². The first-order valence-corrected chi connectivity index (χ1v) is 10.6. The van der Waals surface area contributed by atoms with Crippen LogP contribution in [0.2, 0.25) is 0 Å². The highest BCUT2D eigenvalue weighted by Crippen LogP contribution is 2.14. The van der Waals surface area contributed by atoms with Crippen molar-refractivity contribution in [1.29, 1.82) is 0 Å². The van der Waals surface area contributed by atoms with Gasteiger partial charge in [-0.2, -0.15) is 0 Å². The highest BCUT2D eigenvalue weighted by molar-refractivity contribution is 5.69. The number of hydrogen-bond donors (Lipinski definition) is 1. The molecule has 0 heterocycles. The smallest absolute Gasteiger partial charge is 0.0933 e. The summed E-state index contributed by atoms with van der Waals surface area (Å²) in [6.45, 7) is 2.27. The molecule has 144 valence electrons. The number of carboxylic acid groups (broad SMARTS) is 1. The van der Waals surface area contributed by atoms with Crippen molar-refractivity contribution in [3.63, 3.8) is 0 Å². The standard InChI is InChI=1S/C21H42O3/c1-2-3-4-5-6-7-8-9-10-11-12-13-14-15-16-17-18-19-20(22)21(23)24/h20,22H,2-19H2,1H3,(H,23,24)/p-1. The molecule has 0 amide bonds. The predicted molar refractivity (Wildman–Crippen MR) is 99.8 cm³/mol. The van der Waals surface area contributed by atoms with Crippen molar-refractivity contribution in [3.8, 4) is 0 Å². The van der Waals surface area contributed by atoms with Crippen molar-refractivity contribution in [1.82, 2.24) is 0 Å². The lowest BCUT2D eigenvalue weighted by molar-refractivity contribution is -0.315. The normalized spacial score (nSPS) is 12.4. The van der Waals surface area contributed by atoms with Gasteiger partial charge in [-0.25, -0.2) is 0 Å². The Balaban J connectivity index is 3.04. The first-order valence-electron chi connectivity index (χ1n) is 10.6. The number of carboxylic acids is 1. The third kappa shape index (κ3) is 17.8. The second kappa shape index (κ2) is 18.8. The molecule has 0 fully saturated rings. The Bertz CT molecular complexity index is 266. The van der Waals surface area contributed by atoms with Crippen LogP contribution in [-0.4, -0.2) is 17.2 Å². The van der Waals surface area contributed by atoms with Gasteiger partial charge in [-0.15, -0.1) is 0 Å². The first kappa shape index (κ1) is 23.4. The van der Waals surface area contributed by atoms with E-state index in [9.17, 15) is 9.90 Å². The predicted octanol–water partition coefficient (Wildman–Crippen LogP) is 5.14. The lowest BCUT2D eigenvalue weighted by Gasteiger charge is -2.10. The van der Waals surface area contributed by atoms with E-state index in [1.165, 1.54) is 89.9 Å². The quantitative estimate of drug-likeness (QED) is 0.331. The third-order valence-corrected chi connectivity index (χ3v) is 4.85. The van der Waals surface area contributed by atoms with E-state index in [-0.39, 0.29) is 0 Å². The summed E-state index contributed by atoms with van der Waals surface area (Å²) in [5.41, 5.74) is 0. The molecule has 0 radical (unpaired) electrons. The minimum atomic E-state index is -1.34. The molecule has 0 aliphatic rings. The molecule has 1 N–H and O–H groups in total. The monoisotopic (exact) mass is 341 g/mol. The van der Waals surface area contributed by atoms with Crippen LogP contribution in [0, 0.1) is 0 Å². The second-order valence-electron chi connectivity index (χ2n) is 7.28. The topological polar surface area (TPSA) is 60.4 Å². The van der Waals surface area contributed by atoms with Gasteiger partial charge in [0.2, 0.25) is 0 Å². The molecule has 24 heavy (non-hydrogen) atoms. The molecule has 0 aromatic heterocycles. The molecule has 0 saturated carbocycles. The maximum absolute atomic E-state index is 10.3. The fourth-order valence-corrected chi connectivity index (χ4v) is 3.18. The number of aliphatic carboxylic acids is 1. The SMILES string of the molecule is CCCCCCCCCCCCCCCCCCCC(O)C(=O)[O-]. The largest absolute Gasteiger partial charge is 0.547 e. The van der Waals surface area contributed by atoms with Gasteiger partial charge < -0.3 is 15.0 Å². The zero-order chi connectivity index (χ0) is 17.9. The number of aliphatic hydroxyl groups excluding tert-OH is 1. The third-order valence-electron chi connectivity index (χ3n) is 4.85. The summed E-state index contributed by atoms with van der Waals surface area (Å²) in [5, 5.41) is 19.4. The number of carbonyl (C=O) groups excluding carboxylic acids is 1. The number of unbranched alkanes of at least 4 members (excludes halogenated alkanes) is 16. The van der Waals surface area contributed by atoms with Crippen LogP contribution in [0.1, 0.15) is 122 Å². The summed E-state index contributed by atoms with van der Waals surface area (Å²) in [5.74, 6) is -1.34. The molecule has 1 atom stereocenters. The summed E-state index contributed by atoms with van der Waals surface area (Å²) in [6.07, 6.45) is 21.3. The fourth-order valence-electron chi connectivity index (χ4n) is 3.18. The Kier molecular flexibility index (Phi) is 18.3. The summed E-state index contributed by atoms with van der Waals surface area (Å²) in [7, 11) is 0. The molecular weight excluding hydrogens is 300 g/mol. The van der Waals surface area contributed by atoms with Gasteiger partial charge in [0.15, 0.2) is 0 Å². The molecule has 0 saturated heterocycles. The zero-order valence-corrected chi connectivity index (χ0v) is 16.1. The molecule has 1 unspecified atom stereocenters. The lowest BCUT2D eigenvalue weighted by atomic mass is 10.0. The van der Waals surface area contributed by atoms with Gasteiger partial charge in [-0.05, 0) is 6.42 Å². The van der Waals surface area contributed by atoms with Gasteiger partial charge in [-0.1, -0.05) is 116 Å². The van der Waals surface area contributed by atoms with E-state index in [1.807, 2.05) is 0 Å². The molecule has 0 spiro atoms. The van der Waals surface area contributed by atoms with Gasteiger partial charge in [0.25, 0.3) is 0 Å². The van der Waals surface area contributed by atoms with Crippen molar-refractivity contribution in [2.24, 2.45) is 0 Å². The van der Waals surface area contributed by atoms with Gasteiger partial charge in [0.05, 0.1) is 12.1 Å². The summed E-state index contributed by atoms with van der Waals surface area (Å²) in [4.78, 5) is 10.3. The van der Waals surface area contributed by atoms with Crippen LogP contribution in [0.15, 0.2) is 0 Å². The molecule has 0 aliphatic heterocycles. The number of aliphatic hydroxyl groups is 1. The average Bonchev–Trinajstić information content (AvgIpc) is 2.57. The van der Waals surface area contributed by atoms with Crippen LogP contribution in [0.25, 0.3) is 0 Å². The van der Waals surface area contributed by atoms with Crippen molar-refractivity contribution in [3.05, 3.63) is 0 Å². The maximum Gasteiger partial charge on any atom is 0.0933 e. The van der Waals surface area contributed by atoms with E-state index in [0.29, 0.717) is 6.42 Å². The van der Waals surface area contributed by atoms with Crippen molar-refractivity contribution in [2.45, 2.75) is 129 Å². The number of rotatable bonds is 19. The first-order chi connectivity index (χ1) is 11.7. The molecule has 0 aromatic carbocycles. The fraction of sp³-hybridized carbons (Fsp3) is 0.952. The van der Waals surface area contributed by atoms with Gasteiger partial charge in [-0.3, -0.25) is 0 Å². The van der Waals surface area contributed by atoms with Gasteiger partial charge >= 0.3 is 0 Å². The van der Waals surface area contributed by atoms with Crippen LogP contribution in [0.3, 0.4) is 0 Å². The summed E-state index contributed by atoms with van der Waals surface area (Å²) in [6, 6.07) is 0. The van der Waals surface area contributed by atoms with Crippen LogP contribution in [0.5, 0.6) is 0 Å². The summed E-state index contributed by atoms with van der Waals surface area (Å²) < 4.78 is 0. The second-order valence-corrected chi connectivity index (χ2v) is 7.28. The van der Waals surface area contributed by atoms with E-state index in [2.05, 4.69) is 6.92 Å². The van der Waals surface area contributed by atoms with Crippen molar-refractivity contribution < 1.29 is 15.0 Å². The van der Waals surface area contributed by atoms with E-state index < -0.39 is 12.1 Å². The van der Waals surface area contributed by atoms with Crippen LogP contribution < -0.4 is 5.11 Å². The maximum atomic E-state index is 10.3. The Morgan fingerprint density at radius 2 is 0.958 bits per heavy atom. The molecule has 3 heteroatoms. The molecule has 3 nitrogen and oxygen atoms in total. The lowest BCUT2D eigenvalue weighted by Crippen LogP contribution is -2.35. The number of carbonyl (C=O) groups is 1. The van der Waals surface area contributed by atoms with Crippen LogP contribution in [0.4, 0.5) is 0 Å². The highest BCUT2D eigenvalue weighted by atomic mass is 16.4. The molecular formula is C21H41O3-. The average molecular weight is 342 g/mol. The minimum absolute atomic E-state index is 0.334. The van der Waals surface area contributed by atoms with Crippen LogP contribution >= 0.6 is 0 Å². The highest BCUT2D eigenvalue weighted by Gasteiger charge is 2.03. The van der Waals surface area contributed by atoms with Gasteiger partial charge in [0, 0.05) is 0 Å². The number of hydrogen-bond acceptors (Lipinski definition) is 3. The summed E-state index contributed by atoms with van der Waals surface area (Å²) >= 11 is 0. The molecule has 0 aliphatic carbocycles. The molecule has 0 aromatic rings. The zero-order valence-electron chi connectivity index (χ0n) is 16.1. The van der Waals surface area contributed by atoms with Gasteiger partial charge in [0.1, 0.15) is 0 Å². The Labute approximate surface area is 150 Å².